The van der Waals surface area contributed by atoms with Gasteiger partial charge in [-0.05, 0) is 25.0 Å². The molecule has 1 aromatic heterocycles. The maximum atomic E-state index is 13.9. The lowest BCUT2D eigenvalue weighted by atomic mass is 10.1. The van der Waals surface area contributed by atoms with Crippen LogP contribution in [0, 0.1) is 0 Å². The third-order valence-electron chi connectivity index (χ3n) is 3.83. The molecule has 0 aliphatic carbocycles. The number of hydrogen-bond acceptors (Lipinski definition) is 5. The molecule has 8 heteroatoms. The summed E-state index contributed by atoms with van der Waals surface area (Å²) in [6.45, 7) is 3.32. The predicted octanol–water partition coefficient (Wildman–Crippen LogP) is 4.54. The molecule has 0 radical (unpaired) electrons. The summed E-state index contributed by atoms with van der Waals surface area (Å²) in [5, 5.41) is 0.319. The first-order valence-electron chi connectivity index (χ1n) is 8.41. The summed E-state index contributed by atoms with van der Waals surface area (Å²) < 4.78 is 45.4. The molecule has 27 heavy (non-hydrogen) atoms. The number of benzene rings is 1. The average Bonchev–Trinajstić information content (AvgIpc) is 2.64. The Bertz CT molecular complexity index is 893. The van der Waals surface area contributed by atoms with Gasteiger partial charge in [0.25, 0.3) is 0 Å². The standard InChI is InChI=1S/C19H20F2O4S2/c1-2-18(23)26-11-5-9-19(20,21)10-6-12-27(24)16-13-17(22)25-15-8-4-3-7-14(15)16/h2-4,7-8,13H,1,5-6,9-12H2. The molecule has 0 saturated carbocycles. The molecule has 1 heterocycles. The molecule has 0 amide bonds. The van der Waals surface area contributed by atoms with E-state index in [2.05, 4.69) is 6.58 Å². The van der Waals surface area contributed by atoms with E-state index >= 15 is 0 Å². The highest BCUT2D eigenvalue weighted by Gasteiger charge is 2.28. The summed E-state index contributed by atoms with van der Waals surface area (Å²) in [4.78, 5) is 22.9. The number of para-hydroxylation sites is 1. The van der Waals surface area contributed by atoms with E-state index in [4.69, 9.17) is 4.42 Å². The van der Waals surface area contributed by atoms with E-state index in [1.54, 1.807) is 24.3 Å². The van der Waals surface area contributed by atoms with Crippen LogP contribution in [0.1, 0.15) is 25.7 Å². The van der Waals surface area contributed by atoms with Gasteiger partial charge in [0.2, 0.25) is 11.0 Å². The smallest absolute Gasteiger partial charge is 0.337 e. The van der Waals surface area contributed by atoms with Crippen molar-refractivity contribution >= 4 is 38.6 Å². The first-order chi connectivity index (χ1) is 12.8. The van der Waals surface area contributed by atoms with Crippen molar-refractivity contribution in [2.24, 2.45) is 0 Å². The van der Waals surface area contributed by atoms with Gasteiger partial charge in [-0.2, -0.15) is 0 Å². The van der Waals surface area contributed by atoms with Gasteiger partial charge >= 0.3 is 5.63 Å². The summed E-state index contributed by atoms with van der Waals surface area (Å²) in [5.74, 6) is -2.52. The minimum atomic E-state index is -2.88. The third-order valence-corrected chi connectivity index (χ3v) is 6.26. The molecule has 1 atom stereocenters. The quantitative estimate of drug-likeness (QED) is 0.324. The van der Waals surface area contributed by atoms with Crippen LogP contribution in [0.25, 0.3) is 11.0 Å². The zero-order valence-corrected chi connectivity index (χ0v) is 16.3. The predicted molar refractivity (Wildman–Crippen MR) is 105 cm³/mol. The maximum absolute atomic E-state index is 13.9. The van der Waals surface area contributed by atoms with Crippen LogP contribution < -0.4 is 5.63 Å². The molecule has 4 nitrogen and oxygen atoms in total. The molecule has 1 unspecified atom stereocenters. The van der Waals surface area contributed by atoms with Crippen LogP contribution in [-0.4, -0.2) is 26.8 Å². The molecular formula is C19H20F2O4S2. The van der Waals surface area contributed by atoms with Gasteiger partial charge in [-0.3, -0.25) is 9.00 Å². The highest BCUT2D eigenvalue weighted by atomic mass is 32.2. The highest BCUT2D eigenvalue weighted by Crippen LogP contribution is 2.28. The van der Waals surface area contributed by atoms with Crippen LogP contribution in [-0.2, 0) is 15.6 Å². The van der Waals surface area contributed by atoms with Crippen molar-refractivity contribution < 1.29 is 22.2 Å². The largest absolute Gasteiger partial charge is 0.423 e. The number of rotatable bonds is 10. The Morgan fingerprint density at radius 2 is 1.96 bits per heavy atom. The second-order valence-electron chi connectivity index (χ2n) is 5.91. The Balaban J connectivity index is 1.88. The van der Waals surface area contributed by atoms with Gasteiger partial charge in [-0.25, -0.2) is 13.6 Å². The normalized spacial score (nSPS) is 12.8. The first-order valence-corrected chi connectivity index (χ1v) is 10.7. The number of halogens is 2. The first kappa shape index (κ1) is 21.5. The minimum absolute atomic E-state index is 0.0345. The van der Waals surface area contributed by atoms with Gasteiger partial charge in [0.15, 0.2) is 0 Å². The third kappa shape index (κ3) is 6.70. The van der Waals surface area contributed by atoms with Crippen LogP contribution in [0.15, 0.2) is 57.1 Å². The van der Waals surface area contributed by atoms with Crippen molar-refractivity contribution in [3.63, 3.8) is 0 Å². The summed E-state index contributed by atoms with van der Waals surface area (Å²) in [6.07, 6.45) is 0.719. The SMILES string of the molecule is C=CC(=O)SCCCC(F)(F)CCCS(=O)c1cc(=O)oc2ccccc12. The van der Waals surface area contributed by atoms with E-state index < -0.39 is 28.8 Å². The van der Waals surface area contributed by atoms with Gasteiger partial charge < -0.3 is 4.42 Å². The molecule has 2 aromatic rings. The minimum Gasteiger partial charge on any atom is -0.423 e. The van der Waals surface area contributed by atoms with Gasteiger partial charge in [0.05, 0.1) is 15.7 Å². The lowest BCUT2D eigenvalue weighted by Crippen LogP contribution is -2.17. The van der Waals surface area contributed by atoms with Gasteiger partial charge in [0.1, 0.15) is 5.58 Å². The van der Waals surface area contributed by atoms with Crippen molar-refractivity contribution in [2.75, 3.05) is 11.5 Å². The molecule has 0 spiro atoms. The Kier molecular flexibility index (Phi) is 7.91. The topological polar surface area (TPSA) is 64.3 Å². The second kappa shape index (κ2) is 9.94. The van der Waals surface area contributed by atoms with Crippen molar-refractivity contribution in [3.05, 3.63) is 53.4 Å². The summed E-state index contributed by atoms with van der Waals surface area (Å²) in [5.41, 5.74) is -0.292. The van der Waals surface area contributed by atoms with E-state index in [1.807, 2.05) is 0 Å². The lowest BCUT2D eigenvalue weighted by Gasteiger charge is -2.15. The van der Waals surface area contributed by atoms with E-state index in [1.165, 1.54) is 0 Å². The Morgan fingerprint density at radius 3 is 2.70 bits per heavy atom. The van der Waals surface area contributed by atoms with Gasteiger partial charge in [-0.1, -0.05) is 36.5 Å². The fourth-order valence-corrected chi connectivity index (χ4v) is 4.41. The van der Waals surface area contributed by atoms with Crippen LogP contribution in [0.2, 0.25) is 0 Å². The zero-order chi connectivity index (χ0) is 19.9. The Hall–Kier alpha value is -1.80. The monoisotopic (exact) mass is 414 g/mol. The number of fused-ring (bicyclic) bond motifs is 1. The molecule has 0 aliphatic heterocycles. The van der Waals surface area contributed by atoms with Crippen LogP contribution in [0.4, 0.5) is 8.78 Å². The summed E-state index contributed by atoms with van der Waals surface area (Å²) in [6, 6.07) is 7.86. The molecule has 2 rings (SSSR count). The number of alkyl halides is 2. The maximum Gasteiger partial charge on any atom is 0.337 e. The fourth-order valence-electron chi connectivity index (χ4n) is 2.53. The van der Waals surface area contributed by atoms with E-state index in [9.17, 15) is 22.6 Å². The van der Waals surface area contributed by atoms with Crippen molar-refractivity contribution in [3.8, 4) is 0 Å². The van der Waals surface area contributed by atoms with Gasteiger partial charge in [-0.15, -0.1) is 0 Å². The average molecular weight is 414 g/mol. The summed E-state index contributed by atoms with van der Waals surface area (Å²) in [7, 11) is -1.57. The fraction of sp³-hybridized carbons (Fsp3) is 0.368. The molecule has 0 bridgehead atoms. The summed E-state index contributed by atoms with van der Waals surface area (Å²) >= 11 is 0.968. The van der Waals surface area contributed by atoms with Crippen LogP contribution in [0.5, 0.6) is 0 Å². The molecule has 0 fully saturated rings. The lowest BCUT2D eigenvalue weighted by molar-refractivity contribution is -0.107. The molecule has 0 N–H and O–H groups in total. The highest BCUT2D eigenvalue weighted by molar-refractivity contribution is 8.14. The number of carbonyl (C=O) groups excluding carboxylic acids is 1. The van der Waals surface area contributed by atoms with E-state index in [0.29, 0.717) is 21.6 Å². The van der Waals surface area contributed by atoms with Crippen LogP contribution in [0.3, 0.4) is 0 Å². The van der Waals surface area contributed by atoms with E-state index in [-0.39, 0.29) is 30.1 Å². The van der Waals surface area contributed by atoms with Crippen LogP contribution >= 0.6 is 11.8 Å². The van der Waals surface area contributed by atoms with Crippen molar-refractivity contribution in [2.45, 2.75) is 36.5 Å². The molecule has 1 aromatic carbocycles. The van der Waals surface area contributed by atoms with Gasteiger partial charge in [0, 0.05) is 35.8 Å². The number of hydrogen-bond donors (Lipinski definition) is 0. The van der Waals surface area contributed by atoms with Crippen molar-refractivity contribution in [1.82, 2.24) is 0 Å². The number of carbonyl (C=O) groups is 1. The number of thioether (sulfide) groups is 1. The molecular weight excluding hydrogens is 394 g/mol. The molecule has 0 aliphatic rings. The Morgan fingerprint density at radius 1 is 1.26 bits per heavy atom. The molecule has 0 saturated heterocycles. The molecule has 146 valence electrons. The zero-order valence-electron chi connectivity index (χ0n) is 14.6. The van der Waals surface area contributed by atoms with Crippen molar-refractivity contribution in [1.29, 1.82) is 0 Å². The second-order valence-corrected chi connectivity index (χ2v) is 8.55. The van der Waals surface area contributed by atoms with E-state index in [0.717, 1.165) is 23.9 Å². The Labute approximate surface area is 162 Å².